The van der Waals surface area contributed by atoms with E-state index in [9.17, 15) is 19.2 Å². The number of benzene rings is 3. The number of likely N-dealkylation sites (tertiary alicyclic amines) is 2. The summed E-state index contributed by atoms with van der Waals surface area (Å²) in [5.41, 5.74) is 3.61. The molecule has 6 rings (SSSR count). The lowest BCUT2D eigenvalue weighted by Crippen LogP contribution is -2.53. The van der Waals surface area contributed by atoms with Crippen LogP contribution in [-0.4, -0.2) is 100 Å². The monoisotopic (exact) mass is 747 g/mol. The number of rotatable bonds is 8. The molecule has 0 saturated carbocycles. The first kappa shape index (κ1) is 37.6. The zero-order valence-corrected chi connectivity index (χ0v) is 31.9. The number of amides is 4. The van der Waals surface area contributed by atoms with Crippen molar-refractivity contribution in [1.82, 2.24) is 24.9 Å². The molecule has 276 valence electrons. The average molecular weight is 749 g/mol. The zero-order valence-electron chi connectivity index (χ0n) is 30.4. The van der Waals surface area contributed by atoms with Crippen LogP contribution in [0.1, 0.15) is 78.4 Å². The molecule has 2 bridgehead atoms. The Kier molecular flexibility index (Phi) is 11.2. The van der Waals surface area contributed by atoms with Crippen molar-refractivity contribution in [3.8, 4) is 0 Å². The first-order valence-corrected chi connectivity index (χ1v) is 18.6. The lowest BCUT2D eigenvalue weighted by Gasteiger charge is -2.42. The molecular weight excluding hydrogens is 701 g/mol. The van der Waals surface area contributed by atoms with Gasteiger partial charge in [-0.05, 0) is 70.9 Å². The summed E-state index contributed by atoms with van der Waals surface area (Å²) in [4.78, 5) is 62.1. The molecule has 12 heteroatoms. The number of alkyl carbamates (subject to hydrolysis) is 1. The molecule has 0 aliphatic carbocycles. The van der Waals surface area contributed by atoms with Crippen molar-refractivity contribution in [1.29, 1.82) is 0 Å². The highest BCUT2D eigenvalue weighted by atomic mass is 35.5. The van der Waals surface area contributed by atoms with Crippen molar-refractivity contribution in [2.45, 2.75) is 77.2 Å². The Hall–Kier alpha value is -4.12. The molecule has 3 aliphatic rings. The van der Waals surface area contributed by atoms with Crippen LogP contribution in [0.25, 0.3) is 0 Å². The van der Waals surface area contributed by atoms with E-state index < -0.39 is 17.7 Å². The first-order valence-electron chi connectivity index (χ1n) is 17.9. The van der Waals surface area contributed by atoms with Gasteiger partial charge in [0.1, 0.15) is 0 Å². The summed E-state index contributed by atoms with van der Waals surface area (Å²) in [6.07, 6.45) is -0.616. The highest BCUT2D eigenvalue weighted by molar-refractivity contribution is 6.42. The van der Waals surface area contributed by atoms with E-state index in [-0.39, 0.29) is 35.8 Å². The van der Waals surface area contributed by atoms with Crippen LogP contribution in [0.4, 0.5) is 4.79 Å². The Labute approximate surface area is 316 Å². The maximum Gasteiger partial charge on any atom is 0.408 e. The molecule has 0 unspecified atom stereocenters. The predicted octanol–water partition coefficient (Wildman–Crippen LogP) is 6.58. The molecule has 3 fully saturated rings. The average Bonchev–Trinajstić information content (AvgIpc) is 3.70. The highest BCUT2D eigenvalue weighted by Gasteiger charge is 2.47. The number of carbonyl (C=O) groups is 4. The SMILES string of the molecule is Cc1cc(C)cc(C(=O)N2CCN(C(=O)CCN3C[C@@H]4C[C@H]3CN4C(=O)[C@H](OC(=O)NC(C)(C)C)c3ccccc3)[C@H](c3ccc(Cl)c(Cl)c3)C2)c1. The van der Waals surface area contributed by atoms with E-state index in [0.717, 1.165) is 23.1 Å². The Morgan fingerprint density at radius 3 is 2.19 bits per heavy atom. The third kappa shape index (κ3) is 8.56. The number of ether oxygens (including phenoxy) is 1. The largest absolute Gasteiger partial charge is 0.431 e. The highest BCUT2D eigenvalue weighted by Crippen LogP contribution is 2.35. The number of nitrogens with one attached hydrogen (secondary N) is 1. The van der Waals surface area contributed by atoms with E-state index in [1.807, 2.05) is 91.8 Å². The van der Waals surface area contributed by atoms with Crippen molar-refractivity contribution in [2.24, 2.45) is 0 Å². The minimum Gasteiger partial charge on any atom is -0.431 e. The fourth-order valence-corrected chi connectivity index (χ4v) is 8.02. The van der Waals surface area contributed by atoms with Gasteiger partial charge in [0.05, 0.1) is 16.1 Å². The molecule has 3 heterocycles. The van der Waals surface area contributed by atoms with E-state index in [2.05, 4.69) is 10.2 Å². The molecule has 3 saturated heterocycles. The number of carbonyl (C=O) groups excluding carboxylic acids is 4. The summed E-state index contributed by atoms with van der Waals surface area (Å²) in [6.45, 7) is 12.3. The third-order valence-electron chi connectivity index (χ3n) is 10.1. The van der Waals surface area contributed by atoms with Gasteiger partial charge >= 0.3 is 6.09 Å². The van der Waals surface area contributed by atoms with E-state index in [1.165, 1.54) is 0 Å². The summed E-state index contributed by atoms with van der Waals surface area (Å²) in [5.74, 6) is -0.310. The summed E-state index contributed by atoms with van der Waals surface area (Å²) >= 11 is 12.7. The maximum atomic E-state index is 14.0. The minimum absolute atomic E-state index is 0.00678. The van der Waals surface area contributed by atoms with Crippen molar-refractivity contribution in [3.05, 3.63) is 105 Å². The van der Waals surface area contributed by atoms with Crippen molar-refractivity contribution < 1.29 is 23.9 Å². The second-order valence-electron chi connectivity index (χ2n) is 15.3. The molecule has 0 aromatic heterocycles. The van der Waals surface area contributed by atoms with Crippen LogP contribution in [0.2, 0.25) is 10.0 Å². The standard InChI is InChI=1S/C40H47Cl2N5O5/c1-25-17-26(2)19-29(18-25)37(49)45-15-16-46(34(24-45)28-11-12-32(41)33(42)20-28)35(48)13-14-44-22-31-21-30(44)23-47(31)38(50)36(27-9-7-6-8-10-27)52-39(51)43-40(3,4)5/h6-12,17-20,30-31,34,36H,13-16,21-24H2,1-5H3,(H,43,51)/t30-,31-,34-,36+/m0/s1. The van der Waals surface area contributed by atoms with Crippen LogP contribution in [0.5, 0.6) is 0 Å². The molecule has 10 nitrogen and oxygen atoms in total. The van der Waals surface area contributed by atoms with Gasteiger partial charge in [-0.3, -0.25) is 19.3 Å². The van der Waals surface area contributed by atoms with E-state index in [0.29, 0.717) is 66.9 Å². The Balaban J connectivity index is 1.10. The number of hydrogen-bond donors (Lipinski definition) is 1. The lowest BCUT2D eigenvalue weighted by atomic mass is 10.00. The van der Waals surface area contributed by atoms with Crippen LogP contribution in [0, 0.1) is 13.8 Å². The number of halogens is 2. The Bertz CT molecular complexity index is 1810. The van der Waals surface area contributed by atoms with Gasteiger partial charge in [-0.2, -0.15) is 0 Å². The van der Waals surface area contributed by atoms with Crippen LogP contribution in [0.15, 0.2) is 66.7 Å². The Morgan fingerprint density at radius 1 is 0.846 bits per heavy atom. The lowest BCUT2D eigenvalue weighted by molar-refractivity contribution is -0.143. The van der Waals surface area contributed by atoms with Crippen LogP contribution < -0.4 is 5.32 Å². The first-order chi connectivity index (χ1) is 24.7. The van der Waals surface area contributed by atoms with Gasteiger partial charge in [0.15, 0.2) is 0 Å². The fourth-order valence-electron chi connectivity index (χ4n) is 7.71. The van der Waals surface area contributed by atoms with Gasteiger partial charge in [0.25, 0.3) is 11.8 Å². The molecule has 1 N–H and O–H groups in total. The van der Waals surface area contributed by atoms with E-state index in [4.69, 9.17) is 27.9 Å². The number of hydrogen-bond acceptors (Lipinski definition) is 6. The number of piperazine rings is 2. The summed E-state index contributed by atoms with van der Waals surface area (Å²) in [6, 6.07) is 20.0. The molecule has 3 aliphatic heterocycles. The fraction of sp³-hybridized carbons (Fsp3) is 0.450. The topological polar surface area (TPSA) is 103 Å². The van der Waals surface area contributed by atoms with Gasteiger partial charge in [0, 0.05) is 74.4 Å². The van der Waals surface area contributed by atoms with Gasteiger partial charge in [-0.15, -0.1) is 0 Å². The Morgan fingerprint density at radius 2 is 1.56 bits per heavy atom. The molecule has 3 aromatic rings. The molecular formula is C40H47Cl2N5O5. The normalized spacial score (nSPS) is 20.9. The van der Waals surface area contributed by atoms with Crippen molar-refractivity contribution in [2.75, 3.05) is 39.3 Å². The van der Waals surface area contributed by atoms with Crippen LogP contribution in [-0.2, 0) is 14.3 Å². The van der Waals surface area contributed by atoms with Gasteiger partial charge in [0.2, 0.25) is 12.0 Å². The quantitative estimate of drug-likeness (QED) is 0.280. The van der Waals surface area contributed by atoms with Crippen molar-refractivity contribution in [3.63, 3.8) is 0 Å². The van der Waals surface area contributed by atoms with Crippen LogP contribution >= 0.6 is 23.2 Å². The molecule has 3 aromatic carbocycles. The second kappa shape index (κ2) is 15.5. The van der Waals surface area contributed by atoms with E-state index >= 15 is 0 Å². The summed E-state index contributed by atoms with van der Waals surface area (Å²) in [5, 5.41) is 3.61. The van der Waals surface area contributed by atoms with Gasteiger partial charge in [-0.25, -0.2) is 4.79 Å². The van der Waals surface area contributed by atoms with Crippen molar-refractivity contribution >= 4 is 47.0 Å². The number of aryl methyl sites for hydroxylation is 2. The van der Waals surface area contributed by atoms with Gasteiger partial charge < -0.3 is 24.8 Å². The zero-order chi connectivity index (χ0) is 37.3. The maximum absolute atomic E-state index is 14.0. The van der Waals surface area contributed by atoms with Crippen LogP contribution in [0.3, 0.4) is 0 Å². The molecule has 0 spiro atoms. The molecule has 4 amide bonds. The molecule has 52 heavy (non-hydrogen) atoms. The third-order valence-corrected chi connectivity index (χ3v) is 10.8. The number of nitrogens with zero attached hydrogens (tertiary/aromatic N) is 4. The second-order valence-corrected chi connectivity index (χ2v) is 16.1. The summed E-state index contributed by atoms with van der Waals surface area (Å²) in [7, 11) is 0. The summed E-state index contributed by atoms with van der Waals surface area (Å²) < 4.78 is 5.74. The number of fused-ring (bicyclic) bond motifs is 2. The van der Waals surface area contributed by atoms with E-state index in [1.54, 1.807) is 24.3 Å². The van der Waals surface area contributed by atoms with Gasteiger partial charge in [-0.1, -0.05) is 76.8 Å². The smallest absolute Gasteiger partial charge is 0.408 e. The predicted molar refractivity (Wildman–Crippen MR) is 201 cm³/mol. The molecule has 4 atom stereocenters. The molecule has 0 radical (unpaired) electrons. The minimum atomic E-state index is -1.06.